The summed E-state index contributed by atoms with van der Waals surface area (Å²) in [6, 6.07) is 3.91. The molecule has 1 atom stereocenters. The summed E-state index contributed by atoms with van der Waals surface area (Å²) in [5.74, 6) is 0.829. The second-order valence-electron chi connectivity index (χ2n) is 5.32. The highest BCUT2D eigenvalue weighted by Crippen LogP contribution is 2.23. The van der Waals surface area contributed by atoms with Gasteiger partial charge >= 0.3 is 5.97 Å². The summed E-state index contributed by atoms with van der Waals surface area (Å²) >= 11 is 0. The molecule has 0 amide bonds. The predicted octanol–water partition coefficient (Wildman–Crippen LogP) is 2.43. The van der Waals surface area contributed by atoms with E-state index in [1.165, 1.54) is 0 Å². The molecule has 1 aromatic rings. The normalized spacial score (nSPS) is 18.7. The third-order valence-corrected chi connectivity index (χ3v) is 3.73. The number of rotatable bonds is 7. The molecule has 0 bridgehead atoms. The van der Waals surface area contributed by atoms with Crippen molar-refractivity contribution in [2.45, 2.75) is 45.7 Å². The molecule has 21 heavy (non-hydrogen) atoms. The maximum Gasteiger partial charge on any atom is 0.323 e. The van der Waals surface area contributed by atoms with Crippen LogP contribution in [0.5, 0.6) is 0 Å². The summed E-state index contributed by atoms with van der Waals surface area (Å²) in [5.41, 5.74) is 1.14. The molecule has 1 aromatic heterocycles. The van der Waals surface area contributed by atoms with Crippen LogP contribution in [-0.4, -0.2) is 41.6 Å². The fraction of sp³-hybridized carbons (Fsp3) is 0.625. The van der Waals surface area contributed by atoms with Crippen LogP contribution in [0.3, 0.4) is 0 Å². The van der Waals surface area contributed by atoms with Crippen molar-refractivity contribution in [3.8, 4) is 0 Å². The third-order valence-electron chi connectivity index (χ3n) is 3.73. The van der Waals surface area contributed by atoms with Gasteiger partial charge < -0.3 is 10.1 Å². The number of pyridine rings is 1. The average Bonchev–Trinajstić information content (AvgIpc) is 2.95. The Morgan fingerprint density at radius 1 is 1.52 bits per heavy atom. The summed E-state index contributed by atoms with van der Waals surface area (Å²) in [6.45, 7) is 7.01. The summed E-state index contributed by atoms with van der Waals surface area (Å²) in [6.07, 6.45) is 4.79. The number of likely N-dealkylation sites (tertiary alicyclic amines) is 1. The monoisotopic (exact) mass is 291 g/mol. The highest BCUT2D eigenvalue weighted by molar-refractivity contribution is 5.76. The topological polar surface area (TPSA) is 54.5 Å². The number of nitrogens with one attached hydrogen (secondary N) is 1. The van der Waals surface area contributed by atoms with Crippen LogP contribution in [0.2, 0.25) is 0 Å². The van der Waals surface area contributed by atoms with Crippen molar-refractivity contribution in [1.29, 1.82) is 0 Å². The lowest BCUT2D eigenvalue weighted by Gasteiger charge is -2.23. The minimum Gasteiger partial charge on any atom is -0.465 e. The Hall–Kier alpha value is -1.62. The van der Waals surface area contributed by atoms with Gasteiger partial charge in [0.25, 0.3) is 0 Å². The van der Waals surface area contributed by atoms with E-state index >= 15 is 0 Å². The number of carbonyl (C=O) groups is 1. The smallest absolute Gasteiger partial charge is 0.323 e. The number of hydrogen-bond acceptors (Lipinski definition) is 5. The Labute approximate surface area is 126 Å². The van der Waals surface area contributed by atoms with Gasteiger partial charge in [-0.15, -0.1) is 0 Å². The molecule has 0 aromatic carbocycles. The second kappa shape index (κ2) is 7.98. The first-order chi connectivity index (χ1) is 10.3. The molecule has 1 fully saturated rings. The molecule has 2 heterocycles. The lowest BCUT2D eigenvalue weighted by atomic mass is 10.2. The summed E-state index contributed by atoms with van der Waals surface area (Å²) in [7, 11) is 0. The van der Waals surface area contributed by atoms with E-state index in [9.17, 15) is 4.79 Å². The van der Waals surface area contributed by atoms with Gasteiger partial charge in [0.1, 0.15) is 11.9 Å². The zero-order valence-corrected chi connectivity index (χ0v) is 13.0. The number of carbonyl (C=O) groups excluding carboxylic acids is 1. The van der Waals surface area contributed by atoms with E-state index in [0.717, 1.165) is 50.3 Å². The van der Waals surface area contributed by atoms with Crippen LogP contribution in [0.1, 0.15) is 38.7 Å². The third kappa shape index (κ3) is 4.17. The molecule has 1 N–H and O–H groups in total. The first-order valence-electron chi connectivity index (χ1n) is 7.84. The van der Waals surface area contributed by atoms with Crippen LogP contribution in [0, 0.1) is 0 Å². The molecule has 0 radical (unpaired) electrons. The van der Waals surface area contributed by atoms with E-state index < -0.39 is 0 Å². The van der Waals surface area contributed by atoms with Gasteiger partial charge in [-0.25, -0.2) is 4.98 Å². The summed E-state index contributed by atoms with van der Waals surface area (Å²) in [5, 5.41) is 3.35. The minimum atomic E-state index is -0.107. The first-order valence-corrected chi connectivity index (χ1v) is 7.84. The van der Waals surface area contributed by atoms with Crippen LogP contribution < -0.4 is 5.32 Å². The van der Waals surface area contributed by atoms with Crippen molar-refractivity contribution in [2.75, 3.05) is 25.0 Å². The van der Waals surface area contributed by atoms with Crippen LogP contribution in [0.4, 0.5) is 5.82 Å². The lowest BCUT2D eigenvalue weighted by molar-refractivity contribution is -0.148. The van der Waals surface area contributed by atoms with Crippen molar-refractivity contribution in [3.05, 3.63) is 23.9 Å². The number of ether oxygens (including phenoxy) is 1. The number of hydrogen-bond donors (Lipinski definition) is 1. The maximum atomic E-state index is 12.0. The molecule has 1 aliphatic rings. The summed E-state index contributed by atoms with van der Waals surface area (Å²) in [4.78, 5) is 18.6. The predicted molar refractivity (Wildman–Crippen MR) is 83.1 cm³/mol. The van der Waals surface area contributed by atoms with E-state index in [-0.39, 0.29) is 12.0 Å². The van der Waals surface area contributed by atoms with Gasteiger partial charge in [-0.3, -0.25) is 9.69 Å². The van der Waals surface area contributed by atoms with E-state index in [0.29, 0.717) is 6.61 Å². The highest BCUT2D eigenvalue weighted by Gasteiger charge is 2.32. The Kier molecular flexibility index (Phi) is 5.99. The molecule has 5 nitrogen and oxygen atoms in total. The minimum absolute atomic E-state index is 0.0954. The van der Waals surface area contributed by atoms with E-state index in [2.05, 4.69) is 28.2 Å². The lowest BCUT2D eigenvalue weighted by Crippen LogP contribution is -2.37. The molecule has 2 rings (SSSR count). The first kappa shape index (κ1) is 15.8. The van der Waals surface area contributed by atoms with Gasteiger partial charge in [0.15, 0.2) is 0 Å². The number of aromatic nitrogens is 1. The average molecular weight is 291 g/mol. The molecule has 0 spiro atoms. The molecule has 1 unspecified atom stereocenters. The number of esters is 1. The molecule has 5 heteroatoms. The van der Waals surface area contributed by atoms with Crippen molar-refractivity contribution in [3.63, 3.8) is 0 Å². The fourth-order valence-corrected chi connectivity index (χ4v) is 2.71. The van der Waals surface area contributed by atoms with Gasteiger partial charge in [-0.1, -0.05) is 13.0 Å². The molecule has 1 aliphatic heterocycles. The van der Waals surface area contributed by atoms with Crippen molar-refractivity contribution in [2.24, 2.45) is 0 Å². The van der Waals surface area contributed by atoms with Crippen LogP contribution in [-0.2, 0) is 16.1 Å². The highest BCUT2D eigenvalue weighted by atomic mass is 16.5. The molecule has 116 valence electrons. The Morgan fingerprint density at radius 2 is 2.38 bits per heavy atom. The van der Waals surface area contributed by atoms with Crippen molar-refractivity contribution >= 4 is 11.8 Å². The van der Waals surface area contributed by atoms with Gasteiger partial charge in [0.2, 0.25) is 0 Å². The molecule has 1 saturated heterocycles. The quantitative estimate of drug-likeness (QED) is 0.782. The van der Waals surface area contributed by atoms with Gasteiger partial charge in [-0.05, 0) is 38.8 Å². The Morgan fingerprint density at radius 3 is 3.14 bits per heavy atom. The van der Waals surface area contributed by atoms with Crippen LogP contribution in [0.15, 0.2) is 18.3 Å². The maximum absolute atomic E-state index is 12.0. The van der Waals surface area contributed by atoms with Crippen molar-refractivity contribution < 1.29 is 9.53 Å². The zero-order chi connectivity index (χ0) is 15.1. The van der Waals surface area contributed by atoms with Crippen molar-refractivity contribution in [1.82, 2.24) is 9.88 Å². The standard InChI is InChI=1S/C16H25N3O2/c1-3-9-17-15-13(7-5-10-18-15)12-19-11-6-8-14(19)16(20)21-4-2/h5,7,10,14H,3-4,6,8-9,11-12H2,1-2H3,(H,17,18). The fourth-order valence-electron chi connectivity index (χ4n) is 2.71. The Balaban J connectivity index is 2.04. The van der Waals surface area contributed by atoms with Crippen LogP contribution in [0.25, 0.3) is 0 Å². The van der Waals surface area contributed by atoms with Gasteiger partial charge in [0.05, 0.1) is 6.61 Å². The van der Waals surface area contributed by atoms with E-state index in [4.69, 9.17) is 4.74 Å². The molecule has 0 saturated carbocycles. The van der Waals surface area contributed by atoms with Gasteiger partial charge in [-0.2, -0.15) is 0 Å². The van der Waals surface area contributed by atoms with Gasteiger partial charge in [0, 0.05) is 24.8 Å². The zero-order valence-electron chi connectivity index (χ0n) is 13.0. The number of anilines is 1. The van der Waals surface area contributed by atoms with E-state index in [1.54, 1.807) is 6.20 Å². The molecule has 0 aliphatic carbocycles. The summed E-state index contributed by atoms with van der Waals surface area (Å²) < 4.78 is 5.18. The van der Waals surface area contributed by atoms with Crippen LogP contribution >= 0.6 is 0 Å². The SMILES string of the molecule is CCCNc1ncccc1CN1CCCC1C(=O)OCC. The second-order valence-corrected chi connectivity index (χ2v) is 5.32. The van der Waals surface area contributed by atoms with E-state index in [1.807, 2.05) is 13.0 Å². The molecular formula is C16H25N3O2. The largest absolute Gasteiger partial charge is 0.465 e. The molecular weight excluding hydrogens is 266 g/mol. The number of nitrogens with zero attached hydrogens (tertiary/aromatic N) is 2. The Bertz CT molecular complexity index is 465.